The highest BCUT2D eigenvalue weighted by atomic mass is 16.6. The number of unbranched alkanes of at least 4 members (excludes halogenated alkanes) is 21. The van der Waals surface area contributed by atoms with Crippen LogP contribution in [-0.4, -0.2) is 37.9 Å². The highest BCUT2D eigenvalue weighted by Crippen LogP contribution is 2.14. The van der Waals surface area contributed by atoms with E-state index in [1.165, 1.54) is 83.5 Å². The van der Waals surface area contributed by atoms with Crippen LogP contribution in [0.2, 0.25) is 0 Å². The number of ether oxygens (including phenoxy) is 3. The summed E-state index contributed by atoms with van der Waals surface area (Å²) in [5.74, 6) is -0.439. The minimum atomic E-state index is -0.552. The van der Waals surface area contributed by atoms with Gasteiger partial charge in [0.2, 0.25) is 0 Å². The maximum absolute atomic E-state index is 12.7. The second-order valence-electron chi connectivity index (χ2n) is 16.0. The number of esters is 2. The van der Waals surface area contributed by atoms with Crippen molar-refractivity contribution in [1.82, 2.24) is 0 Å². The molecule has 0 aromatic rings. The van der Waals surface area contributed by atoms with Gasteiger partial charge in [0.15, 0.2) is 6.10 Å². The van der Waals surface area contributed by atoms with Gasteiger partial charge in [-0.25, -0.2) is 0 Å². The summed E-state index contributed by atoms with van der Waals surface area (Å²) in [6.07, 6.45) is 61.8. The Bertz CT molecular complexity index is 1050. The lowest BCUT2D eigenvalue weighted by Crippen LogP contribution is -2.30. The minimum Gasteiger partial charge on any atom is -0.462 e. The Morgan fingerprint density at radius 2 is 0.810 bits per heavy atom. The van der Waals surface area contributed by atoms with Crippen molar-refractivity contribution in [3.8, 4) is 0 Å². The molecule has 0 bridgehead atoms. The van der Waals surface area contributed by atoms with Crippen LogP contribution in [0.4, 0.5) is 0 Å². The van der Waals surface area contributed by atoms with Gasteiger partial charge < -0.3 is 14.2 Å². The molecule has 0 spiro atoms. The Morgan fingerprint density at radius 1 is 0.397 bits per heavy atom. The predicted molar refractivity (Wildman–Crippen MR) is 251 cm³/mol. The third kappa shape index (κ3) is 46.0. The van der Waals surface area contributed by atoms with Crippen LogP contribution in [0.5, 0.6) is 0 Å². The molecular weight excluding hydrogens is 717 g/mol. The highest BCUT2D eigenvalue weighted by Gasteiger charge is 2.17. The molecule has 0 rings (SSSR count). The molecule has 5 nitrogen and oxygen atoms in total. The summed E-state index contributed by atoms with van der Waals surface area (Å²) in [6.45, 7) is 7.62. The number of carbonyl (C=O) groups is 2. The number of hydrogen-bond donors (Lipinski definition) is 0. The summed E-state index contributed by atoms with van der Waals surface area (Å²) in [4.78, 5) is 25.3. The van der Waals surface area contributed by atoms with Crippen molar-refractivity contribution in [1.29, 1.82) is 0 Å². The smallest absolute Gasteiger partial charge is 0.306 e. The van der Waals surface area contributed by atoms with Gasteiger partial charge in [-0.3, -0.25) is 9.59 Å². The molecule has 0 fully saturated rings. The Balaban J connectivity index is 4.31. The summed E-state index contributed by atoms with van der Waals surface area (Å²) in [5.41, 5.74) is 0. The molecule has 0 saturated carbocycles. The van der Waals surface area contributed by atoms with E-state index in [0.717, 1.165) is 109 Å². The molecule has 0 aliphatic rings. The zero-order chi connectivity index (χ0) is 42.1. The fraction of sp³-hybridized carbons (Fsp3) is 0.736. The Morgan fingerprint density at radius 3 is 1.31 bits per heavy atom. The van der Waals surface area contributed by atoms with Crippen LogP contribution in [0, 0.1) is 0 Å². The van der Waals surface area contributed by atoms with Crippen molar-refractivity contribution < 1.29 is 23.8 Å². The van der Waals surface area contributed by atoms with Gasteiger partial charge in [-0.1, -0.05) is 203 Å². The molecule has 0 aromatic heterocycles. The van der Waals surface area contributed by atoms with Crippen molar-refractivity contribution in [2.24, 2.45) is 0 Å². The van der Waals surface area contributed by atoms with E-state index < -0.39 is 6.10 Å². The molecule has 0 N–H and O–H groups in total. The van der Waals surface area contributed by atoms with Crippen LogP contribution in [0.25, 0.3) is 0 Å². The van der Waals surface area contributed by atoms with Crippen LogP contribution >= 0.6 is 0 Å². The van der Waals surface area contributed by atoms with E-state index in [9.17, 15) is 9.59 Å². The van der Waals surface area contributed by atoms with E-state index in [4.69, 9.17) is 14.2 Å². The van der Waals surface area contributed by atoms with Crippen molar-refractivity contribution in [3.05, 3.63) is 72.9 Å². The van der Waals surface area contributed by atoms with Gasteiger partial charge in [0.25, 0.3) is 0 Å². The third-order valence-corrected chi connectivity index (χ3v) is 10.2. The average Bonchev–Trinajstić information content (AvgIpc) is 3.22. The lowest BCUT2D eigenvalue weighted by Gasteiger charge is -2.18. The zero-order valence-electron chi connectivity index (χ0n) is 38.3. The van der Waals surface area contributed by atoms with Crippen LogP contribution in [0.1, 0.15) is 226 Å². The fourth-order valence-corrected chi connectivity index (χ4v) is 6.60. The number of hydrogen-bond acceptors (Lipinski definition) is 5. The molecule has 58 heavy (non-hydrogen) atoms. The molecule has 0 saturated heterocycles. The highest BCUT2D eigenvalue weighted by molar-refractivity contribution is 5.70. The molecule has 1 unspecified atom stereocenters. The Hall–Kier alpha value is -2.66. The number of carbonyl (C=O) groups excluding carboxylic acids is 2. The van der Waals surface area contributed by atoms with Gasteiger partial charge in [0.1, 0.15) is 6.61 Å². The molecular formula is C53H92O5. The van der Waals surface area contributed by atoms with E-state index in [1.54, 1.807) is 0 Å². The summed E-state index contributed by atoms with van der Waals surface area (Å²) < 4.78 is 17.3. The lowest BCUT2D eigenvalue weighted by molar-refractivity contribution is -0.163. The van der Waals surface area contributed by atoms with Crippen LogP contribution in [-0.2, 0) is 23.8 Å². The normalized spacial score (nSPS) is 12.8. The fourth-order valence-electron chi connectivity index (χ4n) is 6.60. The lowest BCUT2D eigenvalue weighted by atomic mass is 10.1. The summed E-state index contributed by atoms with van der Waals surface area (Å²) >= 11 is 0. The van der Waals surface area contributed by atoms with Crippen molar-refractivity contribution >= 4 is 11.9 Å². The molecule has 0 aromatic carbocycles. The predicted octanol–water partition coefficient (Wildman–Crippen LogP) is 16.3. The maximum atomic E-state index is 12.7. The van der Waals surface area contributed by atoms with Crippen LogP contribution < -0.4 is 0 Å². The van der Waals surface area contributed by atoms with E-state index in [-0.39, 0.29) is 25.2 Å². The maximum Gasteiger partial charge on any atom is 0.306 e. The van der Waals surface area contributed by atoms with Gasteiger partial charge in [-0.05, 0) is 83.5 Å². The molecule has 0 aliphatic heterocycles. The van der Waals surface area contributed by atoms with Crippen molar-refractivity contribution in [2.45, 2.75) is 232 Å². The van der Waals surface area contributed by atoms with Crippen LogP contribution in [0.3, 0.4) is 0 Å². The van der Waals surface area contributed by atoms with Gasteiger partial charge in [0.05, 0.1) is 6.61 Å². The van der Waals surface area contributed by atoms with E-state index in [2.05, 4.69) is 93.7 Å². The van der Waals surface area contributed by atoms with Crippen LogP contribution in [0.15, 0.2) is 72.9 Å². The van der Waals surface area contributed by atoms with E-state index >= 15 is 0 Å². The standard InChI is InChI=1S/C53H92O5/c1-4-7-10-13-16-19-22-25-26-27-28-30-31-34-37-40-43-46-52(54)57-50-51(49-56-48-45-42-39-36-33-24-21-18-15-12-9-6-3)58-53(55)47-44-41-38-35-32-29-23-20-17-14-11-8-5-2/h7,10-11,14,16,19-20,23,25-26,28,30,51H,4-6,8-9,12-13,15,17-18,21-22,24,27,29,31-50H2,1-3H3/b10-7-,14-11-,19-16-,23-20-,26-25-,30-28-. The first-order valence-electron chi connectivity index (χ1n) is 24.5. The average molecular weight is 809 g/mol. The second-order valence-corrected chi connectivity index (χ2v) is 16.0. The quantitative estimate of drug-likeness (QED) is 0.0348. The van der Waals surface area contributed by atoms with Gasteiger partial charge in [0, 0.05) is 19.4 Å². The summed E-state index contributed by atoms with van der Waals surface area (Å²) in [7, 11) is 0. The SMILES string of the molecule is CC/C=C\C/C=C\C/C=C\C/C=C\CCCCCCC(=O)OCC(COCCCCCCCCCCCCCC)OC(=O)CCCCCCC/C=C\C/C=C\CCC. The Labute approximate surface area is 359 Å². The summed E-state index contributed by atoms with van der Waals surface area (Å²) in [6, 6.07) is 0. The third-order valence-electron chi connectivity index (χ3n) is 10.2. The van der Waals surface area contributed by atoms with E-state index in [0.29, 0.717) is 19.4 Å². The first-order valence-corrected chi connectivity index (χ1v) is 24.5. The zero-order valence-corrected chi connectivity index (χ0v) is 38.3. The van der Waals surface area contributed by atoms with E-state index in [1.807, 2.05) is 0 Å². The summed E-state index contributed by atoms with van der Waals surface area (Å²) in [5, 5.41) is 0. The molecule has 0 aliphatic carbocycles. The van der Waals surface area contributed by atoms with Gasteiger partial charge in [-0.15, -0.1) is 0 Å². The van der Waals surface area contributed by atoms with Gasteiger partial charge in [-0.2, -0.15) is 0 Å². The molecule has 334 valence electrons. The molecule has 0 amide bonds. The number of allylic oxidation sites excluding steroid dienone is 12. The minimum absolute atomic E-state index is 0.0662. The topological polar surface area (TPSA) is 61.8 Å². The molecule has 5 heteroatoms. The molecule has 1 atom stereocenters. The second kappa shape index (κ2) is 48.7. The monoisotopic (exact) mass is 809 g/mol. The number of rotatable bonds is 44. The molecule has 0 radical (unpaired) electrons. The first-order chi connectivity index (χ1) is 28.6. The Kier molecular flexibility index (Phi) is 46.5. The molecule has 0 heterocycles. The first kappa shape index (κ1) is 55.3. The largest absolute Gasteiger partial charge is 0.462 e. The van der Waals surface area contributed by atoms with Crippen molar-refractivity contribution in [3.63, 3.8) is 0 Å². The van der Waals surface area contributed by atoms with Gasteiger partial charge >= 0.3 is 11.9 Å². The van der Waals surface area contributed by atoms with Crippen molar-refractivity contribution in [2.75, 3.05) is 19.8 Å².